The number of hydrogen-bond acceptors (Lipinski definition) is 8. The molecule has 0 saturated carbocycles. The van der Waals surface area contributed by atoms with Crippen LogP contribution < -0.4 is 10.9 Å². The van der Waals surface area contributed by atoms with Gasteiger partial charge in [-0.1, -0.05) is 0 Å². The van der Waals surface area contributed by atoms with Crippen LogP contribution in [0.15, 0.2) is 0 Å². The van der Waals surface area contributed by atoms with Gasteiger partial charge in [-0.05, 0) is 48.0 Å². The van der Waals surface area contributed by atoms with Crippen LogP contribution in [0.25, 0.3) is 0 Å². The maximum Gasteiger partial charge on any atom is 0.349 e. The summed E-state index contributed by atoms with van der Waals surface area (Å²) in [7, 11) is -7.16. The van der Waals surface area contributed by atoms with Crippen LogP contribution in [-0.2, 0) is 32.0 Å². The zero-order chi connectivity index (χ0) is 20.4. The molecule has 0 saturated heterocycles. The molecule has 2 N–H and O–H groups in total. The van der Waals surface area contributed by atoms with Gasteiger partial charge in [0, 0.05) is 6.92 Å². The Balaban J connectivity index is 5.77. The highest BCUT2D eigenvalue weighted by molar-refractivity contribution is 7.56. The Kier molecular flexibility index (Phi) is 11.4. The minimum absolute atomic E-state index is 0.0574. The predicted octanol–water partition coefficient (Wildman–Crippen LogP) is 3.65. The summed E-state index contributed by atoms with van der Waals surface area (Å²) in [6, 6.07) is 0. The van der Waals surface area contributed by atoms with Gasteiger partial charge in [0.1, 0.15) is 5.78 Å². The van der Waals surface area contributed by atoms with Gasteiger partial charge >= 0.3 is 15.2 Å². The SMILES string of the molecule is CCOP(=O)(OCC)C(CC(C)(C)P(=O)(OCC)OCC)NNC(C)=O. The summed E-state index contributed by atoms with van der Waals surface area (Å²) >= 11 is 0. The van der Waals surface area contributed by atoms with E-state index in [1.807, 2.05) is 0 Å². The molecular weight excluding hydrogens is 382 g/mol. The van der Waals surface area contributed by atoms with Crippen LogP contribution >= 0.6 is 15.2 Å². The molecule has 0 aliphatic rings. The molecule has 1 atom stereocenters. The van der Waals surface area contributed by atoms with Crippen LogP contribution in [0.2, 0.25) is 0 Å². The lowest BCUT2D eigenvalue weighted by Gasteiger charge is -2.37. The fourth-order valence-corrected chi connectivity index (χ4v) is 6.38. The molecule has 0 aromatic carbocycles. The van der Waals surface area contributed by atoms with Crippen molar-refractivity contribution in [1.82, 2.24) is 10.9 Å². The van der Waals surface area contributed by atoms with E-state index < -0.39 is 26.1 Å². The lowest BCUT2D eigenvalue weighted by atomic mass is 10.1. The van der Waals surface area contributed by atoms with Gasteiger partial charge in [0.15, 0.2) is 0 Å². The molecule has 0 fully saturated rings. The second-order valence-corrected chi connectivity index (χ2v) is 11.0. The van der Waals surface area contributed by atoms with Gasteiger partial charge in [-0.3, -0.25) is 19.4 Å². The Hall–Kier alpha value is -0.270. The second kappa shape index (κ2) is 11.5. The predicted molar refractivity (Wildman–Crippen MR) is 101 cm³/mol. The average Bonchev–Trinajstić information content (AvgIpc) is 2.52. The first-order valence-corrected chi connectivity index (χ1v) is 12.0. The molecule has 0 rings (SSSR count). The van der Waals surface area contributed by atoms with Crippen molar-refractivity contribution < 1.29 is 32.0 Å². The molecule has 9 nitrogen and oxygen atoms in total. The summed E-state index contributed by atoms with van der Waals surface area (Å²) in [5.74, 6) is -1.30. The molecule has 1 unspecified atom stereocenters. The molecule has 0 spiro atoms. The molecular formula is C15H34N2O7P2. The minimum atomic E-state index is -3.65. The smallest absolute Gasteiger partial charge is 0.308 e. The third-order valence-corrected chi connectivity index (χ3v) is 8.62. The summed E-state index contributed by atoms with van der Waals surface area (Å²) in [4.78, 5) is 11.3. The monoisotopic (exact) mass is 416 g/mol. The van der Waals surface area contributed by atoms with Crippen molar-refractivity contribution in [1.29, 1.82) is 0 Å². The number of carbonyl (C=O) groups is 1. The van der Waals surface area contributed by atoms with Gasteiger partial charge in [0.25, 0.3) is 0 Å². The van der Waals surface area contributed by atoms with Crippen molar-refractivity contribution in [2.75, 3.05) is 26.4 Å². The summed E-state index contributed by atoms with van der Waals surface area (Å²) < 4.78 is 48.1. The quantitative estimate of drug-likeness (QED) is 0.326. The van der Waals surface area contributed by atoms with Gasteiger partial charge in [-0.2, -0.15) is 0 Å². The number of hydrogen-bond donors (Lipinski definition) is 2. The Bertz CT molecular complexity index is 508. The summed E-state index contributed by atoms with van der Waals surface area (Å²) in [6.07, 6.45) is 0.0574. The summed E-state index contributed by atoms with van der Waals surface area (Å²) in [6.45, 7) is 12.3. The fourth-order valence-electron chi connectivity index (χ4n) is 2.32. The zero-order valence-electron chi connectivity index (χ0n) is 16.9. The highest BCUT2D eigenvalue weighted by Crippen LogP contribution is 2.64. The standard InChI is InChI=1S/C15H34N2O7P2/c1-8-21-25(19,22-9-2)14(17-16-13(5)18)12-15(6,7)26(20,23-10-3)24-11-4/h14,17H,8-12H2,1-7H3,(H,16,18). The topological polar surface area (TPSA) is 112 Å². The zero-order valence-corrected chi connectivity index (χ0v) is 18.7. The van der Waals surface area contributed by atoms with Gasteiger partial charge in [0.2, 0.25) is 5.91 Å². The van der Waals surface area contributed by atoms with Gasteiger partial charge in [-0.15, -0.1) is 0 Å². The highest BCUT2D eigenvalue weighted by atomic mass is 31.2. The van der Waals surface area contributed by atoms with E-state index in [9.17, 15) is 13.9 Å². The Morgan fingerprint density at radius 1 is 0.923 bits per heavy atom. The fraction of sp³-hybridized carbons (Fsp3) is 0.933. The molecule has 0 aliphatic heterocycles. The number of hydrazine groups is 1. The minimum Gasteiger partial charge on any atom is -0.308 e. The second-order valence-electron chi connectivity index (χ2n) is 6.07. The molecule has 0 aromatic heterocycles. The van der Waals surface area contributed by atoms with Crippen LogP contribution in [-0.4, -0.2) is 43.3 Å². The molecule has 0 heterocycles. The van der Waals surface area contributed by atoms with E-state index in [0.717, 1.165) is 0 Å². The Morgan fingerprint density at radius 2 is 1.35 bits per heavy atom. The van der Waals surface area contributed by atoms with Crippen molar-refractivity contribution in [3.05, 3.63) is 0 Å². The van der Waals surface area contributed by atoms with Crippen LogP contribution in [0.4, 0.5) is 0 Å². The van der Waals surface area contributed by atoms with Gasteiger partial charge in [0.05, 0.1) is 31.6 Å². The van der Waals surface area contributed by atoms with E-state index in [-0.39, 0.29) is 38.8 Å². The number of carbonyl (C=O) groups excluding carboxylic acids is 1. The van der Waals surface area contributed by atoms with Gasteiger partial charge in [-0.25, -0.2) is 5.43 Å². The summed E-state index contributed by atoms with van der Waals surface area (Å²) in [5, 5.41) is -1.01. The van der Waals surface area contributed by atoms with Crippen molar-refractivity contribution in [3.8, 4) is 0 Å². The largest absolute Gasteiger partial charge is 0.349 e. The summed E-state index contributed by atoms with van der Waals surface area (Å²) in [5.41, 5.74) is 5.11. The number of nitrogens with one attached hydrogen (secondary N) is 2. The van der Waals surface area contributed by atoms with E-state index in [1.165, 1.54) is 6.92 Å². The van der Waals surface area contributed by atoms with Crippen LogP contribution in [0, 0.1) is 0 Å². The van der Waals surface area contributed by atoms with Crippen molar-refractivity contribution >= 4 is 21.1 Å². The highest BCUT2D eigenvalue weighted by Gasteiger charge is 2.49. The van der Waals surface area contributed by atoms with Crippen molar-refractivity contribution in [2.24, 2.45) is 0 Å². The number of amides is 1. The first-order chi connectivity index (χ1) is 12.0. The van der Waals surface area contributed by atoms with E-state index >= 15 is 0 Å². The number of rotatable bonds is 14. The van der Waals surface area contributed by atoms with Crippen LogP contribution in [0.1, 0.15) is 54.9 Å². The molecule has 1 amide bonds. The van der Waals surface area contributed by atoms with Crippen molar-refractivity contribution in [2.45, 2.75) is 65.8 Å². The van der Waals surface area contributed by atoms with Crippen molar-refractivity contribution in [3.63, 3.8) is 0 Å². The molecule has 156 valence electrons. The first kappa shape index (κ1) is 25.7. The lowest BCUT2D eigenvalue weighted by Crippen LogP contribution is -2.46. The molecule has 0 aromatic rings. The van der Waals surface area contributed by atoms with Crippen LogP contribution in [0.3, 0.4) is 0 Å². The maximum atomic E-state index is 13.2. The molecule has 0 aliphatic carbocycles. The normalized spacial score (nSPS) is 14.3. The Labute approximate surface area is 156 Å². The maximum absolute atomic E-state index is 13.2. The third kappa shape index (κ3) is 7.39. The molecule has 0 radical (unpaired) electrons. The Morgan fingerprint density at radius 3 is 1.69 bits per heavy atom. The van der Waals surface area contributed by atoms with Gasteiger partial charge < -0.3 is 18.1 Å². The van der Waals surface area contributed by atoms with Crippen LogP contribution in [0.5, 0.6) is 0 Å². The van der Waals surface area contributed by atoms with E-state index in [1.54, 1.807) is 41.5 Å². The third-order valence-electron chi connectivity index (χ3n) is 3.45. The average molecular weight is 416 g/mol. The molecule has 0 bridgehead atoms. The van der Waals surface area contributed by atoms with E-state index in [0.29, 0.717) is 0 Å². The molecule has 11 heteroatoms. The lowest BCUT2D eigenvalue weighted by molar-refractivity contribution is -0.120. The molecule has 26 heavy (non-hydrogen) atoms. The van der Waals surface area contributed by atoms with E-state index in [2.05, 4.69) is 10.9 Å². The van der Waals surface area contributed by atoms with E-state index in [4.69, 9.17) is 18.1 Å². The first-order valence-electron chi connectivity index (χ1n) is 8.81.